The molecule has 0 aliphatic carbocycles. The van der Waals surface area contributed by atoms with Crippen LogP contribution in [0.2, 0.25) is 0 Å². The second kappa shape index (κ2) is 5.61. The maximum Gasteiger partial charge on any atom is 0.133 e. The molecule has 2 rings (SSSR count). The minimum absolute atomic E-state index is 0.116. The highest BCUT2D eigenvalue weighted by molar-refractivity contribution is 9.13. The van der Waals surface area contributed by atoms with Gasteiger partial charge in [0, 0.05) is 35.5 Å². The average molecular weight is 365 g/mol. The van der Waals surface area contributed by atoms with Gasteiger partial charge in [-0.3, -0.25) is 4.90 Å². The number of nitrogens with zero attached hydrogens (tertiary/aromatic N) is 2. The van der Waals surface area contributed by atoms with Gasteiger partial charge >= 0.3 is 0 Å². The second-order valence-corrected chi connectivity index (χ2v) is 6.84. The van der Waals surface area contributed by atoms with E-state index in [1.807, 2.05) is 6.07 Å². The number of halogens is 2. The topological polar surface area (TPSA) is 39.1 Å². The molecule has 0 spiro atoms. The number of nitrogens with one attached hydrogen (secondary N) is 1. The monoisotopic (exact) mass is 363 g/mol. The minimum atomic E-state index is -0.116. The van der Waals surface area contributed by atoms with Crippen molar-refractivity contribution in [2.45, 2.75) is 6.04 Å². The maximum absolute atomic E-state index is 9.30. The van der Waals surface area contributed by atoms with Crippen LogP contribution in [-0.2, 0) is 0 Å². The SMILES string of the molecule is N#CC(c1cc(Br)c(Br)s1)N1CCNCC1. The molecule has 0 saturated carbocycles. The Morgan fingerprint density at radius 3 is 2.62 bits per heavy atom. The number of thiophene rings is 1. The van der Waals surface area contributed by atoms with Crippen LogP contribution in [0.25, 0.3) is 0 Å². The lowest BCUT2D eigenvalue weighted by molar-refractivity contribution is 0.210. The maximum atomic E-state index is 9.30. The molecule has 6 heteroatoms. The third-order valence-corrected chi connectivity index (χ3v) is 5.88. The van der Waals surface area contributed by atoms with E-state index in [0.29, 0.717) is 0 Å². The number of hydrogen-bond acceptors (Lipinski definition) is 4. The fraction of sp³-hybridized carbons (Fsp3) is 0.500. The molecule has 1 atom stereocenters. The van der Waals surface area contributed by atoms with Crippen molar-refractivity contribution >= 4 is 43.2 Å². The van der Waals surface area contributed by atoms with Crippen LogP contribution < -0.4 is 5.32 Å². The van der Waals surface area contributed by atoms with E-state index in [4.69, 9.17) is 0 Å². The summed E-state index contributed by atoms with van der Waals surface area (Å²) in [6.45, 7) is 3.80. The van der Waals surface area contributed by atoms with E-state index in [9.17, 15) is 5.26 Å². The minimum Gasteiger partial charge on any atom is -0.314 e. The Hall–Kier alpha value is 0.0700. The van der Waals surface area contributed by atoms with Gasteiger partial charge in [-0.1, -0.05) is 0 Å². The summed E-state index contributed by atoms with van der Waals surface area (Å²) < 4.78 is 2.08. The summed E-state index contributed by atoms with van der Waals surface area (Å²) in [5, 5.41) is 12.6. The van der Waals surface area contributed by atoms with Crippen molar-refractivity contribution in [1.29, 1.82) is 5.26 Å². The Kier molecular flexibility index (Phi) is 4.39. The van der Waals surface area contributed by atoms with Crippen LogP contribution in [0.4, 0.5) is 0 Å². The van der Waals surface area contributed by atoms with Crippen LogP contribution in [0.15, 0.2) is 14.3 Å². The van der Waals surface area contributed by atoms with Crippen LogP contribution in [0.1, 0.15) is 10.9 Å². The summed E-state index contributed by atoms with van der Waals surface area (Å²) in [7, 11) is 0. The smallest absolute Gasteiger partial charge is 0.133 e. The molecule has 1 aromatic heterocycles. The lowest BCUT2D eigenvalue weighted by Crippen LogP contribution is -2.44. The Balaban J connectivity index is 2.18. The zero-order valence-electron chi connectivity index (χ0n) is 8.54. The molecular weight excluding hydrogens is 354 g/mol. The first kappa shape index (κ1) is 12.5. The Bertz CT molecular complexity index is 387. The fourth-order valence-electron chi connectivity index (χ4n) is 1.76. The molecule has 86 valence electrons. The van der Waals surface area contributed by atoms with Gasteiger partial charge in [-0.05, 0) is 37.9 Å². The molecule has 16 heavy (non-hydrogen) atoms. The molecule has 1 unspecified atom stereocenters. The summed E-state index contributed by atoms with van der Waals surface area (Å²) in [4.78, 5) is 3.32. The van der Waals surface area contributed by atoms with Crippen molar-refractivity contribution < 1.29 is 0 Å². The van der Waals surface area contributed by atoms with Crippen LogP contribution >= 0.6 is 43.2 Å². The summed E-state index contributed by atoms with van der Waals surface area (Å²) in [6, 6.07) is 4.31. The molecule has 1 saturated heterocycles. The highest BCUT2D eigenvalue weighted by Crippen LogP contribution is 2.37. The number of nitriles is 1. The first-order valence-electron chi connectivity index (χ1n) is 5.01. The van der Waals surface area contributed by atoms with Crippen LogP contribution in [-0.4, -0.2) is 31.1 Å². The predicted molar refractivity (Wildman–Crippen MR) is 72.5 cm³/mol. The summed E-state index contributed by atoms with van der Waals surface area (Å²) in [5.74, 6) is 0. The Morgan fingerprint density at radius 1 is 1.44 bits per heavy atom. The van der Waals surface area contributed by atoms with Gasteiger partial charge < -0.3 is 5.32 Å². The highest BCUT2D eigenvalue weighted by Gasteiger charge is 2.23. The van der Waals surface area contributed by atoms with E-state index in [-0.39, 0.29) is 6.04 Å². The second-order valence-electron chi connectivity index (χ2n) is 3.59. The third-order valence-electron chi connectivity index (χ3n) is 2.57. The summed E-state index contributed by atoms with van der Waals surface area (Å²) in [5.41, 5.74) is 0. The zero-order chi connectivity index (χ0) is 11.5. The van der Waals surface area contributed by atoms with Gasteiger partial charge in [0.1, 0.15) is 6.04 Å². The zero-order valence-corrected chi connectivity index (χ0v) is 12.5. The largest absolute Gasteiger partial charge is 0.314 e. The van der Waals surface area contributed by atoms with Crippen molar-refractivity contribution in [2.75, 3.05) is 26.2 Å². The van der Waals surface area contributed by atoms with E-state index >= 15 is 0 Å². The molecule has 1 aliphatic rings. The summed E-state index contributed by atoms with van der Waals surface area (Å²) >= 11 is 8.56. The number of rotatable bonds is 2. The molecule has 0 radical (unpaired) electrons. The van der Waals surface area contributed by atoms with E-state index in [2.05, 4.69) is 48.1 Å². The van der Waals surface area contributed by atoms with Gasteiger partial charge in [0.25, 0.3) is 0 Å². The summed E-state index contributed by atoms with van der Waals surface area (Å²) in [6.07, 6.45) is 0. The van der Waals surface area contributed by atoms with E-state index in [1.165, 1.54) is 0 Å². The third kappa shape index (κ3) is 2.66. The molecular formula is C10H11Br2N3S. The van der Waals surface area contributed by atoms with Crippen LogP contribution in [0, 0.1) is 11.3 Å². The predicted octanol–water partition coefficient (Wildman–Crippen LogP) is 2.74. The van der Waals surface area contributed by atoms with Gasteiger partial charge in [0.15, 0.2) is 0 Å². The quantitative estimate of drug-likeness (QED) is 0.876. The van der Waals surface area contributed by atoms with Crippen molar-refractivity contribution in [3.05, 3.63) is 19.2 Å². The molecule has 1 aromatic rings. The van der Waals surface area contributed by atoms with Crippen molar-refractivity contribution in [1.82, 2.24) is 10.2 Å². The standard InChI is InChI=1S/C10H11Br2N3S/c11-7-5-9(16-10(7)12)8(6-13)15-3-1-14-2-4-15/h5,8,14H,1-4H2. The average Bonchev–Trinajstić information content (AvgIpc) is 2.61. The van der Waals surface area contributed by atoms with Crippen LogP contribution in [0.5, 0.6) is 0 Å². The van der Waals surface area contributed by atoms with Gasteiger partial charge in [-0.25, -0.2) is 0 Å². The van der Waals surface area contributed by atoms with E-state index < -0.39 is 0 Å². The lowest BCUT2D eigenvalue weighted by Gasteiger charge is -2.30. The van der Waals surface area contributed by atoms with Gasteiger partial charge in [-0.2, -0.15) is 5.26 Å². The van der Waals surface area contributed by atoms with Crippen molar-refractivity contribution in [3.8, 4) is 6.07 Å². The molecule has 3 nitrogen and oxygen atoms in total. The highest BCUT2D eigenvalue weighted by atomic mass is 79.9. The first-order chi connectivity index (χ1) is 7.72. The molecule has 1 fully saturated rings. The Morgan fingerprint density at radius 2 is 2.12 bits per heavy atom. The van der Waals surface area contributed by atoms with Crippen molar-refractivity contribution in [3.63, 3.8) is 0 Å². The van der Waals surface area contributed by atoms with Gasteiger partial charge in [0.2, 0.25) is 0 Å². The Labute approximate surface area is 116 Å². The molecule has 0 aromatic carbocycles. The molecule has 1 N–H and O–H groups in total. The fourth-order valence-corrected chi connectivity index (χ4v) is 3.93. The van der Waals surface area contributed by atoms with E-state index in [1.54, 1.807) is 11.3 Å². The molecule has 2 heterocycles. The van der Waals surface area contributed by atoms with Gasteiger partial charge in [0.05, 0.1) is 9.86 Å². The normalized spacial score (nSPS) is 19.3. The van der Waals surface area contributed by atoms with Crippen molar-refractivity contribution in [2.24, 2.45) is 0 Å². The number of hydrogen-bond donors (Lipinski definition) is 1. The lowest BCUT2D eigenvalue weighted by atomic mass is 10.2. The van der Waals surface area contributed by atoms with Gasteiger partial charge in [-0.15, -0.1) is 11.3 Å². The molecule has 0 bridgehead atoms. The van der Waals surface area contributed by atoms with Crippen LogP contribution in [0.3, 0.4) is 0 Å². The van der Waals surface area contributed by atoms with E-state index in [0.717, 1.165) is 39.3 Å². The number of piperazine rings is 1. The molecule has 0 amide bonds. The first-order valence-corrected chi connectivity index (χ1v) is 7.41. The molecule has 1 aliphatic heterocycles.